The van der Waals surface area contributed by atoms with Gasteiger partial charge in [0.15, 0.2) is 5.76 Å². The normalized spacial score (nSPS) is 10.6. The molecule has 3 aromatic rings. The molecule has 6 nitrogen and oxygen atoms in total. The van der Waals surface area contributed by atoms with E-state index >= 15 is 0 Å². The van der Waals surface area contributed by atoms with Crippen LogP contribution in [0.5, 0.6) is 0 Å². The summed E-state index contributed by atoms with van der Waals surface area (Å²) in [6.07, 6.45) is 0. The second kappa shape index (κ2) is 7.38. The molecule has 1 aromatic heterocycles. The van der Waals surface area contributed by atoms with Gasteiger partial charge in [-0.15, -0.1) is 0 Å². The third-order valence-corrected chi connectivity index (χ3v) is 3.93. The molecule has 0 atom stereocenters. The Kier molecular flexibility index (Phi) is 5.02. The fourth-order valence-corrected chi connectivity index (χ4v) is 2.67. The van der Waals surface area contributed by atoms with Gasteiger partial charge in [-0.05, 0) is 18.2 Å². The van der Waals surface area contributed by atoms with Crippen LogP contribution in [0.3, 0.4) is 0 Å². The van der Waals surface area contributed by atoms with Crippen LogP contribution in [0.2, 0.25) is 5.02 Å². The molecule has 2 amide bonds. The summed E-state index contributed by atoms with van der Waals surface area (Å²) in [5.74, 6) is -1.02. The first-order chi connectivity index (χ1) is 12.1. The second-order valence-corrected chi connectivity index (χ2v) is 5.63. The number of rotatable bonds is 4. The van der Waals surface area contributed by atoms with Gasteiger partial charge in [0.05, 0.1) is 17.2 Å². The number of hydrogen-bond donors (Lipinski definition) is 2. The number of furan rings is 1. The van der Waals surface area contributed by atoms with Gasteiger partial charge in [0.25, 0.3) is 5.91 Å². The molecule has 0 radical (unpaired) electrons. The predicted octanol–water partition coefficient (Wildman–Crippen LogP) is 3.31. The lowest BCUT2D eigenvalue weighted by Gasteiger charge is -2.08. The molecule has 0 aliphatic carbocycles. The number of para-hydroxylation sites is 1. The maximum Gasteiger partial charge on any atom is 0.305 e. The maximum absolute atomic E-state index is 12.4. The van der Waals surface area contributed by atoms with Crippen molar-refractivity contribution in [1.29, 1.82) is 0 Å². The summed E-state index contributed by atoms with van der Waals surface area (Å²) in [4.78, 5) is 24.5. The molecule has 0 aliphatic heterocycles. The van der Waals surface area contributed by atoms with E-state index in [9.17, 15) is 9.59 Å². The highest BCUT2D eigenvalue weighted by Gasteiger charge is 2.21. The number of ether oxygens (including phenoxy) is 1. The number of carbonyl (C=O) groups is 2. The van der Waals surface area contributed by atoms with Gasteiger partial charge in [-0.1, -0.05) is 41.9 Å². The van der Waals surface area contributed by atoms with Crippen molar-refractivity contribution in [3.05, 3.63) is 70.4 Å². The molecule has 7 heteroatoms. The number of halogens is 1. The lowest BCUT2D eigenvalue weighted by molar-refractivity contribution is 0.0828. The highest BCUT2D eigenvalue weighted by Crippen LogP contribution is 2.26. The minimum atomic E-state index is -0.580. The van der Waals surface area contributed by atoms with E-state index < -0.39 is 11.8 Å². The van der Waals surface area contributed by atoms with Crippen molar-refractivity contribution in [1.82, 2.24) is 10.9 Å². The molecule has 0 saturated carbocycles. The molecule has 0 unspecified atom stereocenters. The number of benzene rings is 2. The number of methoxy groups -OCH3 is 1. The van der Waals surface area contributed by atoms with Gasteiger partial charge in [-0.25, -0.2) is 0 Å². The maximum atomic E-state index is 12.4. The highest BCUT2D eigenvalue weighted by atomic mass is 35.5. The van der Waals surface area contributed by atoms with Gasteiger partial charge in [0.2, 0.25) is 0 Å². The lowest BCUT2D eigenvalue weighted by atomic mass is 10.1. The highest BCUT2D eigenvalue weighted by molar-refractivity contribution is 6.33. The molecule has 0 fully saturated rings. The second-order valence-electron chi connectivity index (χ2n) is 5.23. The summed E-state index contributed by atoms with van der Waals surface area (Å²) in [5.41, 5.74) is 6.10. The number of fused-ring (bicyclic) bond motifs is 1. The van der Waals surface area contributed by atoms with E-state index in [-0.39, 0.29) is 23.0 Å². The van der Waals surface area contributed by atoms with E-state index in [0.717, 1.165) is 5.39 Å². The van der Waals surface area contributed by atoms with Gasteiger partial charge in [-0.2, -0.15) is 0 Å². The van der Waals surface area contributed by atoms with Crippen molar-refractivity contribution in [2.45, 2.75) is 6.61 Å². The molecule has 2 N–H and O–H groups in total. The Labute approximate surface area is 148 Å². The first-order valence-corrected chi connectivity index (χ1v) is 7.84. The quantitative estimate of drug-likeness (QED) is 0.701. The van der Waals surface area contributed by atoms with E-state index in [1.807, 2.05) is 18.2 Å². The van der Waals surface area contributed by atoms with Crippen LogP contribution in [0.25, 0.3) is 11.0 Å². The number of amides is 2. The number of nitrogens with one attached hydrogen (secondary N) is 2. The molecule has 128 valence electrons. The fourth-order valence-electron chi connectivity index (χ4n) is 2.45. The van der Waals surface area contributed by atoms with E-state index in [0.29, 0.717) is 11.1 Å². The van der Waals surface area contributed by atoms with Crippen molar-refractivity contribution in [3.63, 3.8) is 0 Å². The Balaban J connectivity index is 1.79. The van der Waals surface area contributed by atoms with Crippen molar-refractivity contribution in [2.24, 2.45) is 0 Å². The molecule has 25 heavy (non-hydrogen) atoms. The minimum absolute atomic E-state index is 0.0857. The Morgan fingerprint density at radius 1 is 1.04 bits per heavy atom. The molecular weight excluding hydrogens is 344 g/mol. The van der Waals surface area contributed by atoms with Crippen molar-refractivity contribution >= 4 is 34.4 Å². The average molecular weight is 359 g/mol. The molecule has 2 aromatic carbocycles. The third-order valence-electron chi connectivity index (χ3n) is 3.60. The predicted molar refractivity (Wildman–Crippen MR) is 93.3 cm³/mol. The Morgan fingerprint density at radius 3 is 2.48 bits per heavy atom. The summed E-state index contributed by atoms with van der Waals surface area (Å²) in [7, 11) is 1.53. The van der Waals surface area contributed by atoms with E-state index in [2.05, 4.69) is 10.9 Å². The van der Waals surface area contributed by atoms with Crippen LogP contribution in [0.4, 0.5) is 0 Å². The molecule has 1 heterocycles. The first-order valence-electron chi connectivity index (χ1n) is 7.46. The monoisotopic (exact) mass is 358 g/mol. The van der Waals surface area contributed by atoms with Crippen LogP contribution in [-0.2, 0) is 11.3 Å². The van der Waals surface area contributed by atoms with Crippen molar-refractivity contribution in [3.8, 4) is 0 Å². The standard InChI is InChI=1S/C18H15ClN2O4/c1-24-10-13-11-6-3-5-9-15(11)25-16(13)18(23)21-20-17(22)12-7-2-4-8-14(12)19/h2-9H,10H2,1H3,(H,20,22)(H,21,23). The lowest BCUT2D eigenvalue weighted by Crippen LogP contribution is -2.41. The van der Waals surface area contributed by atoms with Crippen LogP contribution in [0.1, 0.15) is 26.5 Å². The zero-order valence-electron chi connectivity index (χ0n) is 13.3. The molecule has 0 aliphatic rings. The summed E-state index contributed by atoms with van der Waals surface area (Å²) < 4.78 is 10.8. The Morgan fingerprint density at radius 2 is 1.72 bits per heavy atom. The van der Waals surface area contributed by atoms with Crippen molar-refractivity contribution < 1.29 is 18.7 Å². The smallest absolute Gasteiger partial charge is 0.305 e. The fraction of sp³-hybridized carbons (Fsp3) is 0.111. The van der Waals surface area contributed by atoms with Crippen LogP contribution < -0.4 is 10.9 Å². The zero-order chi connectivity index (χ0) is 17.8. The first kappa shape index (κ1) is 17.0. The van der Waals surface area contributed by atoms with Gasteiger partial charge in [-0.3, -0.25) is 20.4 Å². The van der Waals surface area contributed by atoms with Crippen LogP contribution in [0.15, 0.2) is 52.9 Å². The topological polar surface area (TPSA) is 80.6 Å². The average Bonchev–Trinajstić information content (AvgIpc) is 2.99. The number of carbonyl (C=O) groups excluding carboxylic acids is 2. The SMILES string of the molecule is COCc1c(C(=O)NNC(=O)c2ccccc2Cl)oc2ccccc12. The van der Waals surface area contributed by atoms with E-state index in [1.54, 1.807) is 30.3 Å². The Bertz CT molecular complexity index is 936. The summed E-state index contributed by atoms with van der Waals surface area (Å²) in [6.45, 7) is 0.207. The minimum Gasteiger partial charge on any atom is -0.450 e. The largest absolute Gasteiger partial charge is 0.450 e. The van der Waals surface area contributed by atoms with Gasteiger partial charge in [0.1, 0.15) is 5.58 Å². The van der Waals surface area contributed by atoms with Crippen LogP contribution >= 0.6 is 11.6 Å². The molecule has 0 saturated heterocycles. The van der Waals surface area contributed by atoms with Crippen LogP contribution in [-0.4, -0.2) is 18.9 Å². The van der Waals surface area contributed by atoms with Gasteiger partial charge < -0.3 is 9.15 Å². The zero-order valence-corrected chi connectivity index (χ0v) is 14.1. The summed E-state index contributed by atoms with van der Waals surface area (Å²) >= 11 is 5.96. The Hall–Kier alpha value is -2.83. The third kappa shape index (κ3) is 3.50. The van der Waals surface area contributed by atoms with Gasteiger partial charge in [0, 0.05) is 18.1 Å². The molecular formula is C18H15ClN2O4. The van der Waals surface area contributed by atoms with Crippen molar-refractivity contribution in [2.75, 3.05) is 7.11 Å². The number of hydrazine groups is 1. The van der Waals surface area contributed by atoms with Crippen LogP contribution in [0, 0.1) is 0 Å². The van der Waals surface area contributed by atoms with E-state index in [4.69, 9.17) is 20.8 Å². The van der Waals surface area contributed by atoms with Gasteiger partial charge >= 0.3 is 5.91 Å². The molecule has 0 spiro atoms. The van der Waals surface area contributed by atoms with E-state index in [1.165, 1.54) is 7.11 Å². The molecule has 0 bridgehead atoms. The number of hydrogen-bond acceptors (Lipinski definition) is 4. The molecule has 3 rings (SSSR count). The summed E-state index contributed by atoms with van der Waals surface area (Å²) in [6, 6.07) is 13.8. The summed E-state index contributed by atoms with van der Waals surface area (Å²) in [5, 5.41) is 1.07.